The largest absolute Gasteiger partial charge is 0.444 e. The van der Waals surface area contributed by atoms with Crippen LogP contribution in [0, 0.1) is 6.92 Å². The zero-order chi connectivity index (χ0) is 13.3. The highest BCUT2D eigenvalue weighted by molar-refractivity contribution is 7.91. The van der Waals surface area contributed by atoms with E-state index in [-0.39, 0.29) is 17.3 Å². The summed E-state index contributed by atoms with van der Waals surface area (Å²) in [7, 11) is -2.99. The monoisotopic (exact) mass is 272 g/mol. The average molecular weight is 272 g/mol. The molecular formula is C12H20N2O3S. The lowest BCUT2D eigenvalue weighted by molar-refractivity contribution is 0.370. The Morgan fingerprint density at radius 2 is 2.22 bits per heavy atom. The summed E-state index contributed by atoms with van der Waals surface area (Å²) in [6, 6.07) is -0.0618. The van der Waals surface area contributed by atoms with Crippen molar-refractivity contribution in [2.75, 3.05) is 6.26 Å². The van der Waals surface area contributed by atoms with Crippen LogP contribution in [0.1, 0.15) is 43.9 Å². The van der Waals surface area contributed by atoms with Crippen molar-refractivity contribution in [3.63, 3.8) is 0 Å². The topological polar surface area (TPSA) is 72.2 Å². The van der Waals surface area contributed by atoms with Gasteiger partial charge in [-0.3, -0.25) is 0 Å². The van der Waals surface area contributed by atoms with Crippen LogP contribution in [0.2, 0.25) is 0 Å². The molecule has 0 amide bonds. The molecule has 1 saturated carbocycles. The van der Waals surface area contributed by atoms with Gasteiger partial charge in [0.2, 0.25) is 5.89 Å². The van der Waals surface area contributed by atoms with E-state index in [0.29, 0.717) is 5.89 Å². The zero-order valence-electron chi connectivity index (χ0n) is 11.0. The molecule has 3 atom stereocenters. The molecule has 1 aliphatic rings. The summed E-state index contributed by atoms with van der Waals surface area (Å²) in [6.45, 7) is 3.79. The molecule has 2 rings (SSSR count). The smallest absolute Gasteiger partial charge is 0.211 e. The molecule has 0 bridgehead atoms. The number of nitrogens with one attached hydrogen (secondary N) is 1. The first-order chi connectivity index (χ1) is 8.38. The molecule has 18 heavy (non-hydrogen) atoms. The van der Waals surface area contributed by atoms with Crippen molar-refractivity contribution in [2.45, 2.75) is 50.4 Å². The zero-order valence-corrected chi connectivity index (χ0v) is 11.8. The van der Waals surface area contributed by atoms with Crippen LogP contribution in [0.15, 0.2) is 10.6 Å². The number of nitrogens with zero attached hydrogens (tertiary/aromatic N) is 1. The van der Waals surface area contributed by atoms with Gasteiger partial charge in [-0.05, 0) is 26.7 Å². The molecule has 5 nitrogen and oxygen atoms in total. The summed E-state index contributed by atoms with van der Waals surface area (Å²) in [6.07, 6.45) is 5.58. The molecule has 0 radical (unpaired) electrons. The average Bonchev–Trinajstić information content (AvgIpc) is 2.85. The van der Waals surface area contributed by atoms with Gasteiger partial charge in [-0.2, -0.15) is 0 Å². The Kier molecular flexibility index (Phi) is 3.77. The SMILES string of the molecule is Cc1cnc(C(C)NC2CCCC2S(C)(=O)=O)o1. The van der Waals surface area contributed by atoms with Gasteiger partial charge in [-0.25, -0.2) is 13.4 Å². The van der Waals surface area contributed by atoms with Crippen LogP contribution in [-0.4, -0.2) is 30.9 Å². The molecule has 0 aliphatic heterocycles. The maximum absolute atomic E-state index is 11.7. The maximum Gasteiger partial charge on any atom is 0.211 e. The van der Waals surface area contributed by atoms with E-state index in [1.165, 1.54) is 6.26 Å². The number of aromatic nitrogens is 1. The molecule has 1 N–H and O–H groups in total. The minimum Gasteiger partial charge on any atom is -0.444 e. The number of hydrogen-bond acceptors (Lipinski definition) is 5. The van der Waals surface area contributed by atoms with Crippen molar-refractivity contribution < 1.29 is 12.8 Å². The highest BCUT2D eigenvalue weighted by Gasteiger charge is 2.35. The first kappa shape index (κ1) is 13.5. The van der Waals surface area contributed by atoms with Crippen LogP contribution in [0.3, 0.4) is 0 Å². The first-order valence-electron chi connectivity index (χ1n) is 6.25. The van der Waals surface area contributed by atoms with E-state index in [4.69, 9.17) is 4.42 Å². The van der Waals surface area contributed by atoms with Gasteiger partial charge in [0, 0.05) is 12.3 Å². The summed E-state index contributed by atoms with van der Waals surface area (Å²) < 4.78 is 28.8. The van der Waals surface area contributed by atoms with Crippen molar-refractivity contribution in [2.24, 2.45) is 0 Å². The lowest BCUT2D eigenvalue weighted by Crippen LogP contribution is -2.41. The number of hydrogen-bond donors (Lipinski definition) is 1. The van der Waals surface area contributed by atoms with Gasteiger partial charge in [0.25, 0.3) is 0 Å². The highest BCUT2D eigenvalue weighted by atomic mass is 32.2. The molecule has 3 unspecified atom stereocenters. The predicted octanol–water partition coefficient (Wildman–Crippen LogP) is 1.60. The van der Waals surface area contributed by atoms with E-state index in [1.54, 1.807) is 6.20 Å². The van der Waals surface area contributed by atoms with Gasteiger partial charge in [0.1, 0.15) is 5.76 Å². The predicted molar refractivity (Wildman–Crippen MR) is 69.1 cm³/mol. The van der Waals surface area contributed by atoms with Crippen LogP contribution < -0.4 is 5.32 Å². The third kappa shape index (κ3) is 2.92. The first-order valence-corrected chi connectivity index (χ1v) is 8.20. The quantitative estimate of drug-likeness (QED) is 0.901. The summed E-state index contributed by atoms with van der Waals surface area (Å²) >= 11 is 0. The molecular weight excluding hydrogens is 252 g/mol. The standard InChI is InChI=1S/C12H20N2O3S/c1-8-7-13-12(17-8)9(2)14-10-5-4-6-11(10)18(3,15)16/h7,9-11,14H,4-6H2,1-3H3. The second kappa shape index (κ2) is 5.01. The van der Waals surface area contributed by atoms with E-state index in [9.17, 15) is 8.42 Å². The Morgan fingerprint density at radius 3 is 2.78 bits per heavy atom. The molecule has 1 fully saturated rings. The Balaban J connectivity index is 2.05. The second-order valence-corrected chi connectivity index (χ2v) is 7.37. The number of oxazole rings is 1. The third-order valence-electron chi connectivity index (χ3n) is 3.48. The molecule has 1 aromatic heterocycles. The molecule has 1 heterocycles. The highest BCUT2D eigenvalue weighted by Crippen LogP contribution is 2.27. The molecule has 1 aromatic rings. The Labute approximate surface area is 108 Å². The van der Waals surface area contributed by atoms with Crippen LogP contribution in [0.25, 0.3) is 0 Å². The Bertz CT molecular complexity index is 509. The molecule has 0 saturated heterocycles. The van der Waals surface area contributed by atoms with E-state index in [2.05, 4.69) is 10.3 Å². The lowest BCUT2D eigenvalue weighted by Gasteiger charge is -2.22. The molecule has 0 spiro atoms. The summed E-state index contributed by atoms with van der Waals surface area (Å²) in [4.78, 5) is 4.17. The van der Waals surface area contributed by atoms with Crippen LogP contribution in [-0.2, 0) is 9.84 Å². The van der Waals surface area contributed by atoms with Gasteiger partial charge in [-0.1, -0.05) is 6.42 Å². The fourth-order valence-electron chi connectivity index (χ4n) is 2.59. The maximum atomic E-state index is 11.7. The van der Waals surface area contributed by atoms with Gasteiger partial charge >= 0.3 is 0 Å². The van der Waals surface area contributed by atoms with E-state index < -0.39 is 9.84 Å². The molecule has 6 heteroatoms. The van der Waals surface area contributed by atoms with Crippen molar-refractivity contribution in [3.05, 3.63) is 17.8 Å². The number of aryl methyl sites for hydroxylation is 1. The van der Waals surface area contributed by atoms with Gasteiger partial charge in [0.15, 0.2) is 9.84 Å². The van der Waals surface area contributed by atoms with Crippen molar-refractivity contribution >= 4 is 9.84 Å². The van der Waals surface area contributed by atoms with Gasteiger partial charge in [-0.15, -0.1) is 0 Å². The Hall–Kier alpha value is -0.880. The van der Waals surface area contributed by atoms with E-state index in [0.717, 1.165) is 25.0 Å². The summed E-state index contributed by atoms with van der Waals surface area (Å²) in [5, 5.41) is 3.05. The molecule has 1 aliphatic carbocycles. The van der Waals surface area contributed by atoms with E-state index in [1.807, 2.05) is 13.8 Å². The van der Waals surface area contributed by atoms with Crippen LogP contribution in [0.5, 0.6) is 0 Å². The van der Waals surface area contributed by atoms with Crippen molar-refractivity contribution in [3.8, 4) is 0 Å². The van der Waals surface area contributed by atoms with Crippen LogP contribution >= 0.6 is 0 Å². The minimum absolute atomic E-state index is 0.00204. The van der Waals surface area contributed by atoms with Crippen LogP contribution in [0.4, 0.5) is 0 Å². The van der Waals surface area contributed by atoms with E-state index >= 15 is 0 Å². The normalized spacial score (nSPS) is 26.4. The van der Waals surface area contributed by atoms with Gasteiger partial charge in [0.05, 0.1) is 17.5 Å². The lowest BCUT2D eigenvalue weighted by atomic mass is 10.2. The van der Waals surface area contributed by atoms with Gasteiger partial charge < -0.3 is 9.73 Å². The molecule has 0 aromatic carbocycles. The summed E-state index contributed by atoms with van der Waals surface area (Å²) in [5.74, 6) is 1.39. The van der Waals surface area contributed by atoms with Crippen molar-refractivity contribution in [1.82, 2.24) is 10.3 Å². The number of sulfone groups is 1. The third-order valence-corrected chi connectivity index (χ3v) is 5.14. The fourth-order valence-corrected chi connectivity index (χ4v) is 4.00. The summed E-state index contributed by atoms with van der Waals surface area (Å²) in [5.41, 5.74) is 0. The minimum atomic E-state index is -2.99. The number of rotatable bonds is 4. The Morgan fingerprint density at radius 1 is 1.50 bits per heavy atom. The second-order valence-electron chi connectivity index (χ2n) is 5.10. The van der Waals surface area contributed by atoms with Crippen molar-refractivity contribution in [1.29, 1.82) is 0 Å². The fraction of sp³-hybridized carbons (Fsp3) is 0.750. The molecule has 102 valence electrons.